The Hall–Kier alpha value is -0.230. The predicted octanol–water partition coefficient (Wildman–Crippen LogP) is 3.14. The first-order chi connectivity index (χ1) is 9.95. The SMILES string of the molecule is CCNC(CSCC(C)C)c1c(Cl)cnn1CCN(C)C. The van der Waals surface area contributed by atoms with Gasteiger partial charge >= 0.3 is 0 Å². The molecule has 0 radical (unpaired) electrons. The first-order valence-electron chi connectivity index (χ1n) is 7.62. The van der Waals surface area contributed by atoms with Crippen LogP contribution in [0.3, 0.4) is 0 Å². The van der Waals surface area contributed by atoms with Gasteiger partial charge in [-0.25, -0.2) is 0 Å². The summed E-state index contributed by atoms with van der Waals surface area (Å²) in [5.41, 5.74) is 1.12. The lowest BCUT2D eigenvalue weighted by molar-refractivity contribution is 0.364. The summed E-state index contributed by atoms with van der Waals surface area (Å²) in [5.74, 6) is 2.91. The van der Waals surface area contributed by atoms with Crippen molar-refractivity contribution in [1.82, 2.24) is 20.0 Å². The van der Waals surface area contributed by atoms with Crippen molar-refractivity contribution < 1.29 is 0 Å². The highest BCUT2D eigenvalue weighted by molar-refractivity contribution is 7.99. The van der Waals surface area contributed by atoms with E-state index < -0.39 is 0 Å². The van der Waals surface area contributed by atoms with Crippen molar-refractivity contribution in [2.75, 3.05) is 38.7 Å². The van der Waals surface area contributed by atoms with E-state index in [0.717, 1.165) is 36.1 Å². The second-order valence-corrected chi connectivity index (χ2v) is 7.43. The fourth-order valence-electron chi connectivity index (χ4n) is 2.09. The Labute approximate surface area is 138 Å². The van der Waals surface area contributed by atoms with Crippen molar-refractivity contribution in [2.24, 2.45) is 5.92 Å². The van der Waals surface area contributed by atoms with Gasteiger partial charge in [-0.3, -0.25) is 4.68 Å². The Morgan fingerprint density at radius 2 is 2.10 bits per heavy atom. The van der Waals surface area contributed by atoms with Crippen molar-refractivity contribution in [1.29, 1.82) is 0 Å². The third kappa shape index (κ3) is 6.59. The molecule has 0 aliphatic rings. The maximum absolute atomic E-state index is 6.39. The number of nitrogens with one attached hydrogen (secondary N) is 1. The molecule has 1 atom stereocenters. The molecule has 1 N–H and O–H groups in total. The van der Waals surface area contributed by atoms with Crippen molar-refractivity contribution in [3.63, 3.8) is 0 Å². The Morgan fingerprint density at radius 1 is 1.38 bits per heavy atom. The molecule has 6 heteroatoms. The van der Waals surface area contributed by atoms with E-state index in [4.69, 9.17) is 11.6 Å². The number of hydrogen-bond acceptors (Lipinski definition) is 4. The number of aromatic nitrogens is 2. The lowest BCUT2D eigenvalue weighted by Crippen LogP contribution is -2.28. The minimum Gasteiger partial charge on any atom is -0.308 e. The van der Waals surface area contributed by atoms with E-state index in [1.807, 2.05) is 16.4 Å². The van der Waals surface area contributed by atoms with Crippen LogP contribution < -0.4 is 5.32 Å². The van der Waals surface area contributed by atoms with Crippen LogP contribution in [0.4, 0.5) is 0 Å². The number of likely N-dealkylation sites (N-methyl/N-ethyl adjacent to an activating group) is 1. The lowest BCUT2D eigenvalue weighted by Gasteiger charge is -2.21. The number of hydrogen-bond donors (Lipinski definition) is 1. The second-order valence-electron chi connectivity index (χ2n) is 5.95. The van der Waals surface area contributed by atoms with Crippen LogP contribution in [0.2, 0.25) is 5.02 Å². The van der Waals surface area contributed by atoms with Gasteiger partial charge < -0.3 is 10.2 Å². The van der Waals surface area contributed by atoms with E-state index in [9.17, 15) is 0 Å². The monoisotopic (exact) mass is 332 g/mol. The van der Waals surface area contributed by atoms with Crippen LogP contribution in [0.5, 0.6) is 0 Å². The van der Waals surface area contributed by atoms with Crippen molar-refractivity contribution >= 4 is 23.4 Å². The molecule has 1 aromatic heterocycles. The number of nitrogens with zero attached hydrogens (tertiary/aromatic N) is 3. The van der Waals surface area contributed by atoms with Crippen LogP contribution in [0.25, 0.3) is 0 Å². The van der Waals surface area contributed by atoms with Crippen LogP contribution in [0.1, 0.15) is 32.5 Å². The van der Waals surface area contributed by atoms with Crippen molar-refractivity contribution in [3.8, 4) is 0 Å². The summed E-state index contributed by atoms with van der Waals surface area (Å²) in [4.78, 5) is 2.16. The Morgan fingerprint density at radius 3 is 2.67 bits per heavy atom. The van der Waals surface area contributed by atoms with Crippen LogP contribution in [0.15, 0.2) is 6.20 Å². The molecule has 4 nitrogen and oxygen atoms in total. The molecule has 0 aliphatic carbocycles. The highest BCUT2D eigenvalue weighted by Gasteiger charge is 2.20. The van der Waals surface area contributed by atoms with Crippen molar-refractivity contribution in [3.05, 3.63) is 16.9 Å². The Balaban J connectivity index is 2.77. The van der Waals surface area contributed by atoms with Gasteiger partial charge in [0, 0.05) is 12.3 Å². The molecule has 1 unspecified atom stereocenters. The molecule has 0 saturated heterocycles. The molecule has 122 valence electrons. The summed E-state index contributed by atoms with van der Waals surface area (Å²) >= 11 is 8.36. The summed E-state index contributed by atoms with van der Waals surface area (Å²) in [7, 11) is 4.15. The molecular weight excluding hydrogens is 304 g/mol. The molecule has 0 saturated carbocycles. The molecule has 1 aromatic rings. The largest absolute Gasteiger partial charge is 0.308 e. The molecule has 1 heterocycles. The number of halogens is 1. The fourth-order valence-corrected chi connectivity index (χ4v) is 3.49. The van der Waals surface area contributed by atoms with Crippen LogP contribution in [-0.4, -0.2) is 53.4 Å². The highest BCUT2D eigenvalue weighted by Crippen LogP contribution is 2.26. The average molecular weight is 333 g/mol. The molecule has 0 spiro atoms. The average Bonchev–Trinajstić information content (AvgIpc) is 2.76. The lowest BCUT2D eigenvalue weighted by atomic mass is 10.2. The zero-order valence-electron chi connectivity index (χ0n) is 13.9. The normalized spacial score (nSPS) is 13.3. The minimum absolute atomic E-state index is 0.260. The summed E-state index contributed by atoms with van der Waals surface area (Å²) in [5, 5.41) is 8.76. The van der Waals surface area contributed by atoms with Gasteiger partial charge in [-0.1, -0.05) is 32.4 Å². The van der Waals surface area contributed by atoms with Gasteiger partial charge in [0.2, 0.25) is 0 Å². The summed E-state index contributed by atoms with van der Waals surface area (Å²) in [6, 6.07) is 0.260. The topological polar surface area (TPSA) is 33.1 Å². The molecular formula is C15H29ClN4S. The zero-order valence-corrected chi connectivity index (χ0v) is 15.5. The predicted molar refractivity (Wildman–Crippen MR) is 94.4 cm³/mol. The summed E-state index contributed by atoms with van der Waals surface area (Å²) < 4.78 is 2.05. The quantitative estimate of drug-likeness (QED) is 0.713. The van der Waals surface area contributed by atoms with E-state index in [0.29, 0.717) is 5.92 Å². The van der Waals surface area contributed by atoms with Gasteiger partial charge in [-0.05, 0) is 32.3 Å². The number of rotatable bonds is 10. The minimum atomic E-state index is 0.260. The molecule has 0 fully saturated rings. The van der Waals surface area contributed by atoms with Gasteiger partial charge in [0.05, 0.1) is 29.5 Å². The second kappa shape index (κ2) is 9.72. The molecule has 0 bridgehead atoms. The van der Waals surface area contributed by atoms with Gasteiger partial charge in [0.1, 0.15) is 0 Å². The van der Waals surface area contributed by atoms with E-state index in [1.165, 1.54) is 5.75 Å². The third-order valence-corrected chi connectivity index (χ3v) is 4.87. The Bertz CT molecular complexity index is 406. The van der Waals surface area contributed by atoms with E-state index in [1.54, 1.807) is 6.20 Å². The van der Waals surface area contributed by atoms with Crippen molar-refractivity contribution in [2.45, 2.75) is 33.4 Å². The maximum atomic E-state index is 6.39. The van der Waals surface area contributed by atoms with E-state index >= 15 is 0 Å². The van der Waals surface area contributed by atoms with Crippen LogP contribution in [-0.2, 0) is 6.54 Å². The Kier molecular flexibility index (Phi) is 8.71. The van der Waals surface area contributed by atoms with Gasteiger partial charge in [0.25, 0.3) is 0 Å². The third-order valence-electron chi connectivity index (χ3n) is 3.11. The van der Waals surface area contributed by atoms with Crippen LogP contribution >= 0.6 is 23.4 Å². The number of thioether (sulfide) groups is 1. The summed E-state index contributed by atoms with van der Waals surface area (Å²) in [6.45, 7) is 9.40. The first-order valence-corrected chi connectivity index (χ1v) is 9.16. The van der Waals surface area contributed by atoms with Gasteiger partial charge in [-0.2, -0.15) is 16.9 Å². The van der Waals surface area contributed by atoms with Gasteiger partial charge in [-0.15, -0.1) is 0 Å². The maximum Gasteiger partial charge on any atom is 0.0834 e. The van der Waals surface area contributed by atoms with Crippen LogP contribution in [0, 0.1) is 5.92 Å². The highest BCUT2D eigenvalue weighted by atomic mass is 35.5. The smallest absolute Gasteiger partial charge is 0.0834 e. The molecule has 0 aliphatic heterocycles. The molecule has 0 amide bonds. The van der Waals surface area contributed by atoms with E-state index in [-0.39, 0.29) is 6.04 Å². The van der Waals surface area contributed by atoms with E-state index in [2.05, 4.69) is 50.2 Å². The first kappa shape index (κ1) is 18.8. The van der Waals surface area contributed by atoms with Gasteiger partial charge in [0.15, 0.2) is 0 Å². The standard InChI is InChI=1S/C15H29ClN4S/c1-6-17-14(11-21-10-12(2)3)15-13(16)9-18-20(15)8-7-19(4)5/h9,12,14,17H,6-8,10-11H2,1-5H3. The zero-order chi connectivity index (χ0) is 15.8. The summed E-state index contributed by atoms with van der Waals surface area (Å²) in [6.07, 6.45) is 1.77. The molecule has 0 aromatic carbocycles. The molecule has 1 rings (SSSR count). The fraction of sp³-hybridized carbons (Fsp3) is 0.800. The molecule has 21 heavy (non-hydrogen) atoms.